The smallest absolute Gasteiger partial charge is 0.137 e. The van der Waals surface area contributed by atoms with Gasteiger partial charge in [-0.05, 0) is 92.6 Å². The highest BCUT2D eigenvalue weighted by molar-refractivity contribution is 6.09. The van der Waals surface area contributed by atoms with E-state index in [1.54, 1.807) is 0 Å². The van der Waals surface area contributed by atoms with Gasteiger partial charge < -0.3 is 4.74 Å². The average molecular weight is 705 g/mol. The zero-order chi connectivity index (χ0) is 36.8. The molecule has 3 aromatic heterocycles. The monoisotopic (exact) mass is 704 g/mol. The summed E-state index contributed by atoms with van der Waals surface area (Å²) >= 11 is 0. The predicted molar refractivity (Wildman–Crippen MR) is 222 cm³/mol. The van der Waals surface area contributed by atoms with Gasteiger partial charge in [-0.25, -0.2) is 9.67 Å². The number of hydrogen-bond donors (Lipinski definition) is 0. The van der Waals surface area contributed by atoms with Crippen LogP contribution in [0.4, 0.5) is 0 Å². The minimum Gasteiger partial charge on any atom is -0.457 e. The molecule has 9 rings (SSSR count). The molecule has 1 aliphatic rings. The number of pyridine rings is 1. The van der Waals surface area contributed by atoms with E-state index in [0.717, 1.165) is 86.8 Å². The first-order valence-electron chi connectivity index (χ1n) is 19.2. The fraction of sp³-hybridized carbons (Fsp3) is 0.184. The normalized spacial score (nSPS) is 15.8. The molecule has 0 saturated heterocycles. The number of benzene rings is 5. The number of para-hydroxylation sites is 1. The number of aryl methyl sites for hydroxylation is 2. The summed E-state index contributed by atoms with van der Waals surface area (Å²) < 4.78 is 11.2. The molecule has 0 amide bonds. The van der Waals surface area contributed by atoms with E-state index in [1.807, 2.05) is 6.20 Å². The third kappa shape index (κ3) is 6.00. The lowest BCUT2D eigenvalue weighted by molar-refractivity contribution is 0.451. The van der Waals surface area contributed by atoms with Gasteiger partial charge in [0, 0.05) is 51.7 Å². The second kappa shape index (κ2) is 14.0. The van der Waals surface area contributed by atoms with Crippen LogP contribution in [0, 0.1) is 12.8 Å². The molecule has 0 N–H and O–H groups in total. The number of fused-ring (bicyclic) bond motifs is 3. The molecule has 0 spiro atoms. The molecule has 0 aliphatic heterocycles. The van der Waals surface area contributed by atoms with Gasteiger partial charge in [0.05, 0.1) is 28.1 Å². The van der Waals surface area contributed by atoms with E-state index in [0.29, 0.717) is 5.92 Å². The fourth-order valence-electron chi connectivity index (χ4n) is 8.53. The van der Waals surface area contributed by atoms with Crippen LogP contribution in [0.5, 0.6) is 11.5 Å². The van der Waals surface area contributed by atoms with Gasteiger partial charge in [0.15, 0.2) is 0 Å². The van der Waals surface area contributed by atoms with Crippen molar-refractivity contribution in [1.29, 1.82) is 0 Å². The van der Waals surface area contributed by atoms with Crippen molar-refractivity contribution in [3.8, 4) is 45.5 Å². The van der Waals surface area contributed by atoms with Crippen LogP contribution >= 0.6 is 0 Å². The van der Waals surface area contributed by atoms with Gasteiger partial charge >= 0.3 is 0 Å². The highest BCUT2D eigenvalue weighted by Gasteiger charge is 2.33. The number of allylic oxidation sites excluding steroid dienone is 2. The minimum atomic E-state index is 0.254. The Morgan fingerprint density at radius 2 is 1.46 bits per heavy atom. The molecule has 3 heterocycles. The van der Waals surface area contributed by atoms with Gasteiger partial charge in [-0.1, -0.05) is 104 Å². The van der Waals surface area contributed by atoms with Gasteiger partial charge in [-0.3, -0.25) is 4.57 Å². The molecule has 0 saturated carbocycles. The summed E-state index contributed by atoms with van der Waals surface area (Å²) in [6.45, 7) is 9.00. The van der Waals surface area contributed by atoms with E-state index >= 15 is 0 Å². The number of rotatable bonds is 8. The maximum atomic E-state index is 6.79. The van der Waals surface area contributed by atoms with Crippen molar-refractivity contribution in [1.82, 2.24) is 19.3 Å². The van der Waals surface area contributed by atoms with Crippen molar-refractivity contribution < 1.29 is 4.74 Å². The van der Waals surface area contributed by atoms with E-state index in [4.69, 9.17) is 14.8 Å². The van der Waals surface area contributed by atoms with Gasteiger partial charge in [0.25, 0.3) is 0 Å². The molecule has 5 aromatic carbocycles. The topological polar surface area (TPSA) is 44.9 Å². The van der Waals surface area contributed by atoms with Gasteiger partial charge in [-0.15, -0.1) is 0 Å². The van der Waals surface area contributed by atoms with Crippen LogP contribution in [-0.2, 0) is 6.42 Å². The Kier molecular flexibility index (Phi) is 8.70. The second-order valence-electron chi connectivity index (χ2n) is 14.7. The third-order valence-corrected chi connectivity index (χ3v) is 11.1. The number of ether oxygens (including phenoxy) is 1. The van der Waals surface area contributed by atoms with Crippen molar-refractivity contribution >= 4 is 21.8 Å². The molecule has 54 heavy (non-hydrogen) atoms. The molecule has 0 bridgehead atoms. The van der Waals surface area contributed by atoms with Crippen LogP contribution in [-0.4, -0.2) is 19.3 Å². The zero-order valence-corrected chi connectivity index (χ0v) is 31.3. The van der Waals surface area contributed by atoms with E-state index in [1.165, 1.54) is 22.1 Å². The standard InChI is InChI=1S/C49H44N4O/c1-5-35-25-26-50-45(29-35)52-43-22-13-12-21-41(43)42-24-23-39(31-44(42)52)54-40-28-32(2)27-38(30-40)53-49(37-19-10-7-11-20-37)47(46-33(3)15-14-16-34(46)4)48(51-53)36-17-8-6-9-18-36/h6-13,15,17-31,34,46H,5,14,16H2,1-4H3/t34-,46?/m0/s1. The lowest BCUT2D eigenvalue weighted by Crippen LogP contribution is -2.16. The zero-order valence-electron chi connectivity index (χ0n) is 31.3. The molecule has 1 aliphatic carbocycles. The highest BCUT2D eigenvalue weighted by atomic mass is 16.5. The molecule has 5 heteroatoms. The number of hydrogen-bond acceptors (Lipinski definition) is 3. The Labute approximate surface area is 317 Å². The van der Waals surface area contributed by atoms with Crippen molar-refractivity contribution in [2.24, 2.45) is 5.92 Å². The fourth-order valence-corrected chi connectivity index (χ4v) is 8.53. The number of aromatic nitrogens is 4. The highest BCUT2D eigenvalue weighted by Crippen LogP contribution is 2.47. The van der Waals surface area contributed by atoms with Gasteiger partial charge in [-0.2, -0.15) is 5.10 Å². The van der Waals surface area contributed by atoms with E-state index in [2.05, 4.69) is 176 Å². The van der Waals surface area contributed by atoms with E-state index in [9.17, 15) is 0 Å². The average Bonchev–Trinajstić information content (AvgIpc) is 3.75. The summed E-state index contributed by atoms with van der Waals surface area (Å²) in [5.74, 6) is 3.17. The SMILES string of the molecule is CCc1ccnc(-n2c3ccccc3c3ccc(Oc4cc(C)cc(-n5nc(-c6ccccc6)c(C6C(C)=CCC[C@@H]6C)c5-c5ccccc5)c4)cc32)c1. The maximum Gasteiger partial charge on any atom is 0.137 e. The first-order chi connectivity index (χ1) is 26.5. The molecule has 8 aromatic rings. The molecule has 2 atom stereocenters. The van der Waals surface area contributed by atoms with Crippen LogP contribution in [0.3, 0.4) is 0 Å². The first kappa shape index (κ1) is 33.6. The Hall–Kier alpha value is -6.20. The molecular weight excluding hydrogens is 661 g/mol. The van der Waals surface area contributed by atoms with E-state index in [-0.39, 0.29) is 5.92 Å². The van der Waals surface area contributed by atoms with Crippen molar-refractivity contribution in [3.63, 3.8) is 0 Å². The molecule has 5 nitrogen and oxygen atoms in total. The minimum absolute atomic E-state index is 0.254. The Morgan fingerprint density at radius 1 is 0.722 bits per heavy atom. The lowest BCUT2D eigenvalue weighted by atomic mass is 9.74. The molecule has 0 radical (unpaired) electrons. The Balaban J connectivity index is 1.20. The Morgan fingerprint density at radius 3 is 2.24 bits per heavy atom. The van der Waals surface area contributed by atoms with Gasteiger partial charge in [0.2, 0.25) is 0 Å². The molecular formula is C49H44N4O. The first-order valence-corrected chi connectivity index (χ1v) is 19.2. The number of nitrogens with zero attached hydrogens (tertiary/aromatic N) is 4. The second-order valence-corrected chi connectivity index (χ2v) is 14.7. The summed E-state index contributed by atoms with van der Waals surface area (Å²) in [4.78, 5) is 4.82. The summed E-state index contributed by atoms with van der Waals surface area (Å²) in [6.07, 6.45) is 7.55. The largest absolute Gasteiger partial charge is 0.457 e. The van der Waals surface area contributed by atoms with Crippen LogP contribution in [0.2, 0.25) is 0 Å². The van der Waals surface area contributed by atoms with Crippen molar-refractivity contribution in [3.05, 3.63) is 168 Å². The third-order valence-electron chi connectivity index (χ3n) is 11.1. The van der Waals surface area contributed by atoms with E-state index < -0.39 is 0 Å². The van der Waals surface area contributed by atoms with Crippen LogP contribution in [0.1, 0.15) is 56.2 Å². The summed E-state index contributed by atoms with van der Waals surface area (Å²) in [7, 11) is 0. The van der Waals surface area contributed by atoms with Crippen LogP contribution in [0.25, 0.3) is 55.8 Å². The van der Waals surface area contributed by atoms with Gasteiger partial charge in [0.1, 0.15) is 17.3 Å². The molecule has 266 valence electrons. The Bertz CT molecular complexity index is 2670. The molecule has 1 unspecified atom stereocenters. The van der Waals surface area contributed by atoms with Crippen molar-refractivity contribution in [2.75, 3.05) is 0 Å². The van der Waals surface area contributed by atoms with Crippen LogP contribution < -0.4 is 4.74 Å². The summed E-state index contributed by atoms with van der Waals surface area (Å²) in [6, 6.07) is 47.1. The predicted octanol–water partition coefficient (Wildman–Crippen LogP) is 12.8. The van der Waals surface area contributed by atoms with Crippen LogP contribution in [0.15, 0.2) is 151 Å². The quantitative estimate of drug-likeness (QED) is 0.148. The maximum absolute atomic E-state index is 6.79. The summed E-state index contributed by atoms with van der Waals surface area (Å²) in [5, 5.41) is 7.86. The molecule has 0 fully saturated rings. The lowest BCUT2D eigenvalue weighted by Gasteiger charge is -2.30. The summed E-state index contributed by atoms with van der Waals surface area (Å²) in [5.41, 5.74) is 12.6. The van der Waals surface area contributed by atoms with Crippen molar-refractivity contribution in [2.45, 2.75) is 52.9 Å².